The van der Waals surface area contributed by atoms with E-state index in [0.717, 1.165) is 11.5 Å². The number of aromatic amines is 1. The highest BCUT2D eigenvalue weighted by atomic mass is 15.3. The lowest BCUT2D eigenvalue weighted by Crippen LogP contribution is -2.16. The van der Waals surface area contributed by atoms with Gasteiger partial charge in [-0.05, 0) is 0 Å². The monoisotopic (exact) mass is 247 g/mol. The lowest BCUT2D eigenvalue weighted by Gasteiger charge is -2.14. The third-order valence-corrected chi connectivity index (χ3v) is 2.31. The normalized spacial score (nSPS) is 10.7. The molecule has 2 N–H and O–H groups in total. The summed E-state index contributed by atoms with van der Waals surface area (Å²) in [6.07, 6.45) is 3.42. The Balaban J connectivity index is 2.34. The molecule has 0 radical (unpaired) electrons. The van der Waals surface area contributed by atoms with E-state index in [0.29, 0.717) is 11.9 Å². The zero-order valence-corrected chi connectivity index (χ0v) is 11.0. The lowest BCUT2D eigenvalue weighted by molar-refractivity contribution is 0.757. The molecular weight excluding hydrogens is 230 g/mol. The third-order valence-electron chi connectivity index (χ3n) is 2.31. The summed E-state index contributed by atoms with van der Waals surface area (Å²) in [6.45, 7) is 4.10. The fourth-order valence-electron chi connectivity index (χ4n) is 1.34. The molecule has 0 saturated carbocycles. The molecule has 0 amide bonds. The molecule has 0 fully saturated rings. The maximum absolute atomic E-state index is 4.40. The summed E-state index contributed by atoms with van der Waals surface area (Å²) in [4.78, 5) is 15.0. The van der Waals surface area contributed by atoms with Gasteiger partial charge >= 0.3 is 0 Å². The molecule has 2 aromatic heterocycles. The quantitative estimate of drug-likeness (QED) is 0.852. The van der Waals surface area contributed by atoms with Crippen molar-refractivity contribution < 1.29 is 0 Å². The van der Waals surface area contributed by atoms with Crippen LogP contribution in [-0.4, -0.2) is 39.2 Å². The van der Waals surface area contributed by atoms with Crippen LogP contribution in [0.1, 0.15) is 25.6 Å². The van der Waals surface area contributed by atoms with Crippen LogP contribution in [0.3, 0.4) is 0 Å². The van der Waals surface area contributed by atoms with Crippen molar-refractivity contribution in [3.8, 4) is 0 Å². The van der Waals surface area contributed by atoms with Gasteiger partial charge in [-0.3, -0.25) is 5.10 Å². The van der Waals surface area contributed by atoms with Crippen molar-refractivity contribution in [3.63, 3.8) is 0 Å². The van der Waals surface area contributed by atoms with E-state index in [-0.39, 0.29) is 5.92 Å². The average Bonchev–Trinajstić information content (AvgIpc) is 2.81. The summed E-state index contributed by atoms with van der Waals surface area (Å²) in [6, 6.07) is 0. The summed E-state index contributed by atoms with van der Waals surface area (Å²) >= 11 is 0. The smallest absolute Gasteiger partial charge is 0.232 e. The van der Waals surface area contributed by atoms with E-state index in [4.69, 9.17) is 0 Å². The Morgan fingerprint density at radius 3 is 2.56 bits per heavy atom. The standard InChI is InChI=1S/C11H17N7/c1-7(2)9-15-10(14-8-5-12-13-6-8)17-11(16-9)18(3)4/h5-7H,1-4H3,(H,12,13)(H,14,15,16,17). The van der Waals surface area contributed by atoms with Gasteiger partial charge in [0.15, 0.2) is 0 Å². The summed E-state index contributed by atoms with van der Waals surface area (Å²) in [7, 11) is 3.81. The summed E-state index contributed by atoms with van der Waals surface area (Å²) in [5.74, 6) is 2.18. The van der Waals surface area contributed by atoms with Gasteiger partial charge in [0.05, 0.1) is 11.9 Å². The highest BCUT2D eigenvalue weighted by molar-refractivity contribution is 5.51. The fourth-order valence-corrected chi connectivity index (χ4v) is 1.34. The number of nitrogens with zero attached hydrogens (tertiary/aromatic N) is 5. The molecule has 96 valence electrons. The Morgan fingerprint density at radius 2 is 2.00 bits per heavy atom. The topological polar surface area (TPSA) is 82.6 Å². The van der Waals surface area contributed by atoms with Crippen LogP contribution in [0.2, 0.25) is 0 Å². The van der Waals surface area contributed by atoms with E-state index < -0.39 is 0 Å². The summed E-state index contributed by atoms with van der Waals surface area (Å²) in [5.41, 5.74) is 0.820. The molecule has 0 bridgehead atoms. The first-order valence-electron chi connectivity index (χ1n) is 5.75. The van der Waals surface area contributed by atoms with Crippen LogP contribution in [0.5, 0.6) is 0 Å². The summed E-state index contributed by atoms with van der Waals surface area (Å²) < 4.78 is 0. The van der Waals surface area contributed by atoms with E-state index in [1.807, 2.05) is 19.0 Å². The van der Waals surface area contributed by atoms with Crippen LogP contribution < -0.4 is 10.2 Å². The van der Waals surface area contributed by atoms with Gasteiger partial charge in [-0.15, -0.1) is 0 Å². The number of aromatic nitrogens is 5. The van der Waals surface area contributed by atoms with Crippen LogP contribution in [-0.2, 0) is 0 Å². The molecule has 0 atom stereocenters. The first-order valence-corrected chi connectivity index (χ1v) is 5.75. The third kappa shape index (κ3) is 2.73. The molecule has 0 spiro atoms. The molecule has 0 aromatic carbocycles. The van der Waals surface area contributed by atoms with E-state index in [9.17, 15) is 0 Å². The molecule has 2 rings (SSSR count). The van der Waals surface area contributed by atoms with E-state index in [2.05, 4.69) is 44.3 Å². The Kier molecular flexibility index (Phi) is 3.40. The Morgan fingerprint density at radius 1 is 1.22 bits per heavy atom. The average molecular weight is 247 g/mol. The number of anilines is 3. The molecule has 0 aliphatic carbocycles. The Hall–Kier alpha value is -2.18. The maximum atomic E-state index is 4.40. The first kappa shape index (κ1) is 12.3. The van der Waals surface area contributed by atoms with Gasteiger partial charge in [0.25, 0.3) is 0 Å². The van der Waals surface area contributed by atoms with Gasteiger partial charge in [-0.25, -0.2) is 0 Å². The van der Waals surface area contributed by atoms with Crippen molar-refractivity contribution in [2.75, 3.05) is 24.3 Å². The molecule has 0 unspecified atom stereocenters. The van der Waals surface area contributed by atoms with Gasteiger partial charge in [0, 0.05) is 26.2 Å². The van der Waals surface area contributed by atoms with Gasteiger partial charge in [-0.2, -0.15) is 20.1 Å². The predicted molar refractivity (Wildman–Crippen MR) is 70.1 cm³/mol. The largest absolute Gasteiger partial charge is 0.347 e. The number of rotatable bonds is 4. The van der Waals surface area contributed by atoms with Gasteiger partial charge in [-0.1, -0.05) is 13.8 Å². The molecule has 7 nitrogen and oxygen atoms in total. The number of H-pyrrole nitrogens is 1. The van der Waals surface area contributed by atoms with Crippen molar-refractivity contribution >= 4 is 17.6 Å². The number of hydrogen-bond donors (Lipinski definition) is 2. The number of hydrogen-bond acceptors (Lipinski definition) is 6. The lowest BCUT2D eigenvalue weighted by atomic mass is 10.2. The first-order chi connectivity index (χ1) is 8.56. The fraction of sp³-hybridized carbons (Fsp3) is 0.455. The van der Waals surface area contributed by atoms with Crippen molar-refractivity contribution in [3.05, 3.63) is 18.2 Å². The zero-order valence-electron chi connectivity index (χ0n) is 11.0. The minimum Gasteiger partial charge on any atom is -0.347 e. The van der Waals surface area contributed by atoms with Crippen LogP contribution in [0, 0.1) is 0 Å². The minimum absolute atomic E-state index is 0.247. The van der Waals surface area contributed by atoms with Crippen molar-refractivity contribution in [2.24, 2.45) is 0 Å². The van der Waals surface area contributed by atoms with Crippen LogP contribution in [0.25, 0.3) is 0 Å². The molecule has 2 heterocycles. The van der Waals surface area contributed by atoms with E-state index >= 15 is 0 Å². The van der Waals surface area contributed by atoms with Crippen LogP contribution >= 0.6 is 0 Å². The molecule has 0 aliphatic rings. The molecule has 0 saturated heterocycles. The van der Waals surface area contributed by atoms with Crippen molar-refractivity contribution in [1.29, 1.82) is 0 Å². The SMILES string of the molecule is CC(C)c1nc(Nc2cn[nH]c2)nc(N(C)C)n1. The van der Waals surface area contributed by atoms with E-state index in [1.165, 1.54) is 0 Å². The second-order valence-electron chi connectivity index (χ2n) is 4.48. The highest BCUT2D eigenvalue weighted by Gasteiger charge is 2.11. The van der Waals surface area contributed by atoms with Crippen molar-refractivity contribution in [2.45, 2.75) is 19.8 Å². The van der Waals surface area contributed by atoms with Gasteiger partial charge in [0.2, 0.25) is 11.9 Å². The van der Waals surface area contributed by atoms with Crippen LogP contribution in [0.15, 0.2) is 12.4 Å². The van der Waals surface area contributed by atoms with Crippen LogP contribution in [0.4, 0.5) is 17.6 Å². The second-order valence-corrected chi connectivity index (χ2v) is 4.48. The van der Waals surface area contributed by atoms with Gasteiger partial charge in [0.1, 0.15) is 5.82 Å². The Bertz CT molecular complexity index is 478. The molecule has 0 aliphatic heterocycles. The minimum atomic E-state index is 0.247. The van der Waals surface area contributed by atoms with E-state index in [1.54, 1.807) is 12.4 Å². The number of nitrogens with one attached hydrogen (secondary N) is 2. The van der Waals surface area contributed by atoms with Gasteiger partial charge < -0.3 is 10.2 Å². The second kappa shape index (κ2) is 4.99. The summed E-state index contributed by atoms with van der Waals surface area (Å²) in [5, 5.41) is 9.69. The predicted octanol–water partition coefficient (Wildman–Crippen LogP) is 1.53. The molecule has 18 heavy (non-hydrogen) atoms. The Labute approximate surface area is 106 Å². The molecule has 2 aromatic rings. The zero-order chi connectivity index (χ0) is 13.1. The van der Waals surface area contributed by atoms with Crippen molar-refractivity contribution in [1.82, 2.24) is 25.1 Å². The highest BCUT2D eigenvalue weighted by Crippen LogP contribution is 2.17. The maximum Gasteiger partial charge on any atom is 0.232 e. The molecule has 7 heteroatoms. The molecular formula is C11H17N7.